The maximum atomic E-state index is 6.80. The second kappa shape index (κ2) is 35.1. The molecule has 0 atom stereocenters. The number of fused-ring (bicyclic) bond motifs is 24. The number of benzene rings is 21. The van der Waals surface area contributed by atoms with Crippen molar-refractivity contribution in [2.24, 2.45) is 0 Å². The zero-order valence-corrected chi connectivity index (χ0v) is 80.8. The Hall–Kier alpha value is -18.5. The number of furan rings is 1. The van der Waals surface area contributed by atoms with Crippen LogP contribution in [0.5, 0.6) is 0 Å². The first-order chi connectivity index (χ1) is 71.9. The molecule has 0 saturated heterocycles. The van der Waals surface area contributed by atoms with E-state index in [0.717, 1.165) is 132 Å². The number of thiophene rings is 2. The van der Waals surface area contributed by atoms with Crippen LogP contribution in [0, 0.1) is 0 Å². The molecule has 9 aromatic heterocycles. The Morgan fingerprint density at radius 2 is 0.476 bits per heavy atom. The van der Waals surface area contributed by atoms with Crippen LogP contribution in [0.3, 0.4) is 0 Å². The van der Waals surface area contributed by atoms with E-state index < -0.39 is 8.07 Å². The van der Waals surface area contributed by atoms with Crippen molar-refractivity contribution in [1.29, 1.82) is 0 Å². The molecule has 21 aromatic carbocycles. The number of hydrogen-bond acceptors (Lipinski definition) is 9. The third-order valence-corrected chi connectivity index (χ3v) is 36.0. The van der Waals surface area contributed by atoms with E-state index in [1.807, 2.05) is 53.0 Å². The Balaban J connectivity index is 0.000000106. The lowest BCUT2D eigenvalue weighted by atomic mass is 10.0. The molecular weight excluding hydrogens is 1820 g/mol. The fourth-order valence-corrected chi connectivity index (χ4v) is 29.4. The molecule has 30 rings (SSSR count). The molecule has 678 valence electrons. The minimum Gasteiger partial charge on any atom is -0.454 e. The first-order valence-corrected chi connectivity index (χ1v) is 52.6. The molecule has 13 heteroatoms. The van der Waals surface area contributed by atoms with Gasteiger partial charge in [-0.1, -0.05) is 431 Å². The van der Waals surface area contributed by atoms with Crippen molar-refractivity contribution in [2.75, 3.05) is 0 Å². The molecule has 30 aromatic rings. The van der Waals surface area contributed by atoms with E-state index in [0.29, 0.717) is 17.8 Å². The number of nitrogens with zero attached hydrogens (tertiary/aromatic N) is 9. The average molecular weight is 1900 g/mol. The van der Waals surface area contributed by atoms with Gasteiger partial charge in [0, 0.05) is 107 Å². The van der Waals surface area contributed by atoms with Gasteiger partial charge < -0.3 is 4.42 Å². The van der Waals surface area contributed by atoms with Crippen LogP contribution in [0.25, 0.3) is 245 Å². The van der Waals surface area contributed by atoms with Crippen LogP contribution >= 0.6 is 22.7 Å². The SMILES string of the molecule is c1ccc(-c2ccc(-c3nc(-n4c5ccc(-c6ccccc6)cc5c5ccc6c7ccccc7sc6c54)nc4ccccc34)cc2)cc1.c1ccc(-c2ccc3c(c2)c2ccc4c5ccccc5sc4c2n3-c2nc(-c3ccccc3)c3ccccc3n2)cc1.c1ccc(-c2nc(-n3c4ccc([Si](c5ccccc5)(c5ccccc5)c5ccccc5)cc4c4ccc5c6ccccc6oc5c43)nc3ccccc23)cc1. The number of rotatable bonds is 13. The van der Waals surface area contributed by atoms with Crippen molar-refractivity contribution in [3.05, 3.63) is 504 Å². The summed E-state index contributed by atoms with van der Waals surface area (Å²) in [6.45, 7) is 0. The lowest BCUT2D eigenvalue weighted by molar-refractivity contribution is 0.671. The average Bonchev–Trinajstić information content (AvgIpc) is 1.54. The maximum absolute atomic E-state index is 6.80. The number of hydrogen-bond donors (Lipinski definition) is 0. The molecule has 0 unspecified atom stereocenters. The smallest absolute Gasteiger partial charge is 0.235 e. The van der Waals surface area contributed by atoms with Crippen molar-refractivity contribution < 1.29 is 4.42 Å². The molecule has 0 saturated carbocycles. The van der Waals surface area contributed by atoms with Crippen molar-refractivity contribution >= 4 is 212 Å². The molecule has 9 heterocycles. The van der Waals surface area contributed by atoms with E-state index in [1.165, 1.54) is 116 Å². The Morgan fingerprint density at radius 1 is 0.186 bits per heavy atom. The first-order valence-electron chi connectivity index (χ1n) is 48.9. The largest absolute Gasteiger partial charge is 0.454 e. The van der Waals surface area contributed by atoms with Gasteiger partial charge in [0.05, 0.1) is 70.6 Å². The lowest BCUT2D eigenvalue weighted by Gasteiger charge is -2.34. The highest BCUT2D eigenvalue weighted by molar-refractivity contribution is 7.27. The third kappa shape index (κ3) is 14.2. The highest BCUT2D eigenvalue weighted by atomic mass is 32.1. The van der Waals surface area contributed by atoms with Gasteiger partial charge in [0.15, 0.2) is 13.7 Å². The molecule has 10 nitrogen and oxygen atoms in total. The van der Waals surface area contributed by atoms with Crippen LogP contribution in [0.15, 0.2) is 508 Å². The molecule has 0 N–H and O–H groups in total. The standard InChI is InChI=1S/C50H33N3OSi.C44H27N3S.C38H23N3S/c1-5-17-34(18-6-1)47-42-26-13-15-27-44(42)51-50(52-47)53-45-32-29-38(33-43(45)40-30-31-41-39-25-14-16-28-46(39)54-49(41)48(40)53)55(35-19-7-2-8-20-35,36-21-9-3-10-22-36)37-23-11-4-12-24-37;1-3-11-28(12-4-1)30-19-21-31(22-20-30)41-36-16-7-9-17-38(36)45-44(46-41)47-39-26-23-32(29-13-5-2-6-14-29)27-37(39)34-24-25-35-33-15-8-10-18-40(33)48-43(35)42(34)47;1-3-11-24(12-4-1)26-19-22-33-31(23-26)28-20-21-29-27-15-8-10-18-34(27)42-37(29)36(28)41(33)38-39-32-17-9-7-16-30(32)35(40-38)25-13-5-2-6-14-25/h1-33H;1-27H;1-23H. The van der Waals surface area contributed by atoms with Gasteiger partial charge in [-0.2, -0.15) is 0 Å². The molecule has 0 aliphatic carbocycles. The van der Waals surface area contributed by atoms with E-state index in [-0.39, 0.29) is 0 Å². The number of aromatic nitrogens is 9. The van der Waals surface area contributed by atoms with Gasteiger partial charge >= 0.3 is 0 Å². The van der Waals surface area contributed by atoms with Crippen LogP contribution in [0.2, 0.25) is 0 Å². The van der Waals surface area contributed by atoms with E-state index >= 15 is 0 Å². The summed E-state index contributed by atoms with van der Waals surface area (Å²) in [5.41, 5.74) is 24.0. The quantitative estimate of drug-likeness (QED) is 0.0836. The molecule has 0 radical (unpaired) electrons. The maximum Gasteiger partial charge on any atom is 0.235 e. The van der Waals surface area contributed by atoms with E-state index in [9.17, 15) is 0 Å². The molecule has 0 fully saturated rings. The van der Waals surface area contributed by atoms with Gasteiger partial charge in [-0.15, -0.1) is 22.7 Å². The predicted octanol–water partition coefficient (Wildman–Crippen LogP) is 32.2. The van der Waals surface area contributed by atoms with Gasteiger partial charge in [0.1, 0.15) is 11.1 Å². The van der Waals surface area contributed by atoms with Crippen molar-refractivity contribution in [3.8, 4) is 85.0 Å². The van der Waals surface area contributed by atoms with Gasteiger partial charge in [-0.05, 0) is 127 Å². The molecule has 0 aliphatic heterocycles. The second-order valence-electron chi connectivity index (χ2n) is 36.9. The Kier molecular flexibility index (Phi) is 20.5. The highest BCUT2D eigenvalue weighted by Gasteiger charge is 2.42. The van der Waals surface area contributed by atoms with E-state index in [4.69, 9.17) is 34.3 Å². The fraction of sp³-hybridized carbons (Fsp3) is 0. The normalized spacial score (nSPS) is 11.9. The first kappa shape index (κ1) is 84.6. The summed E-state index contributed by atoms with van der Waals surface area (Å²) in [4.78, 5) is 31.9. The Bertz CT molecular complexity index is 10200. The van der Waals surface area contributed by atoms with Crippen LogP contribution in [-0.2, 0) is 0 Å². The molecule has 0 bridgehead atoms. The predicted molar refractivity (Wildman–Crippen MR) is 611 cm³/mol. The van der Waals surface area contributed by atoms with Crippen LogP contribution < -0.4 is 20.7 Å². The zero-order valence-electron chi connectivity index (χ0n) is 78.2. The van der Waals surface area contributed by atoms with Crippen molar-refractivity contribution in [3.63, 3.8) is 0 Å². The third-order valence-electron chi connectivity index (χ3n) is 28.8. The summed E-state index contributed by atoms with van der Waals surface area (Å²) >= 11 is 3.69. The van der Waals surface area contributed by atoms with Crippen LogP contribution in [0.4, 0.5) is 0 Å². The lowest BCUT2D eigenvalue weighted by Crippen LogP contribution is -2.74. The summed E-state index contributed by atoms with van der Waals surface area (Å²) in [6.07, 6.45) is 0. The summed E-state index contributed by atoms with van der Waals surface area (Å²) in [5, 5.41) is 22.7. The molecular formula is C132H83N9OS2Si. The molecule has 0 aliphatic rings. The van der Waals surface area contributed by atoms with Gasteiger partial charge in [-0.3, -0.25) is 13.7 Å². The summed E-state index contributed by atoms with van der Waals surface area (Å²) in [5.74, 6) is 1.97. The molecule has 145 heavy (non-hydrogen) atoms. The Morgan fingerprint density at radius 3 is 0.897 bits per heavy atom. The minimum absolute atomic E-state index is 0.607. The summed E-state index contributed by atoms with van der Waals surface area (Å²) < 4.78 is 18.7. The zero-order chi connectivity index (χ0) is 95.6. The van der Waals surface area contributed by atoms with E-state index in [1.54, 1.807) is 0 Å². The highest BCUT2D eigenvalue weighted by Crippen LogP contribution is 2.49. The summed E-state index contributed by atoms with van der Waals surface area (Å²) in [6, 6.07) is 179. The fourth-order valence-electron chi connectivity index (χ4n) is 22.2. The van der Waals surface area contributed by atoms with Crippen LogP contribution in [0.1, 0.15) is 0 Å². The Labute approximate surface area is 841 Å². The topological polar surface area (TPSA) is 105 Å². The van der Waals surface area contributed by atoms with Crippen molar-refractivity contribution in [2.45, 2.75) is 0 Å². The van der Waals surface area contributed by atoms with Gasteiger partial charge in [0.2, 0.25) is 17.8 Å². The second-order valence-corrected chi connectivity index (χ2v) is 42.8. The van der Waals surface area contributed by atoms with Crippen molar-refractivity contribution in [1.82, 2.24) is 43.6 Å². The number of para-hydroxylation sites is 4. The van der Waals surface area contributed by atoms with Crippen LogP contribution in [-0.4, -0.2) is 51.7 Å². The minimum atomic E-state index is -2.81. The summed E-state index contributed by atoms with van der Waals surface area (Å²) in [7, 11) is -2.81. The van der Waals surface area contributed by atoms with E-state index in [2.05, 4.69) is 487 Å². The van der Waals surface area contributed by atoms with Gasteiger partial charge in [-0.25, -0.2) is 29.9 Å². The molecule has 0 amide bonds. The van der Waals surface area contributed by atoms with Gasteiger partial charge in [0.25, 0.3) is 0 Å². The monoisotopic (exact) mass is 1900 g/mol. The molecule has 0 spiro atoms.